The van der Waals surface area contributed by atoms with Gasteiger partial charge in [0, 0.05) is 32.6 Å². The number of nitrogens with one attached hydrogen (secondary N) is 1. The van der Waals surface area contributed by atoms with Gasteiger partial charge >= 0.3 is 0 Å². The summed E-state index contributed by atoms with van der Waals surface area (Å²) < 4.78 is 4.98. The van der Waals surface area contributed by atoms with Crippen molar-refractivity contribution in [1.82, 2.24) is 10.2 Å². The van der Waals surface area contributed by atoms with Crippen molar-refractivity contribution >= 4 is 17.7 Å². The van der Waals surface area contributed by atoms with Crippen LogP contribution in [0.4, 0.5) is 0 Å². The zero-order chi connectivity index (χ0) is 12.5. The molecule has 4 nitrogen and oxygen atoms in total. The highest BCUT2D eigenvalue weighted by Crippen LogP contribution is 2.20. The number of ether oxygens (including phenoxy) is 1. The Balaban J connectivity index is 2.10. The second kappa shape index (κ2) is 8.78. The minimum absolute atomic E-state index is 0.240. The van der Waals surface area contributed by atoms with Crippen LogP contribution < -0.4 is 5.32 Å². The first-order valence-electron chi connectivity index (χ1n) is 6.29. The van der Waals surface area contributed by atoms with E-state index in [1.54, 1.807) is 7.11 Å². The van der Waals surface area contributed by atoms with E-state index in [1.165, 1.54) is 12.8 Å². The normalized spacial score (nSPS) is 17.1. The molecule has 0 aromatic heterocycles. The number of methoxy groups -OCH3 is 1. The Morgan fingerprint density at radius 2 is 2.18 bits per heavy atom. The van der Waals surface area contributed by atoms with Crippen LogP contribution >= 0.6 is 11.8 Å². The van der Waals surface area contributed by atoms with Gasteiger partial charge in [0.1, 0.15) is 0 Å². The number of hydrogen-bond donors (Lipinski definition) is 1. The Hall–Kier alpha value is -0.260. The lowest BCUT2D eigenvalue weighted by atomic mass is 10.2. The van der Waals surface area contributed by atoms with Crippen LogP contribution in [0, 0.1) is 0 Å². The summed E-state index contributed by atoms with van der Waals surface area (Å²) in [5, 5.41) is 4.00. The molecule has 1 fully saturated rings. The van der Waals surface area contributed by atoms with Crippen molar-refractivity contribution in [3.8, 4) is 0 Å². The number of thioether (sulfide) groups is 1. The van der Waals surface area contributed by atoms with Crippen LogP contribution in [0.1, 0.15) is 19.3 Å². The van der Waals surface area contributed by atoms with E-state index < -0.39 is 0 Å². The maximum absolute atomic E-state index is 11.8. The summed E-state index contributed by atoms with van der Waals surface area (Å²) in [6.45, 7) is 3.70. The second-order valence-corrected chi connectivity index (χ2v) is 5.71. The van der Waals surface area contributed by atoms with E-state index >= 15 is 0 Å². The first kappa shape index (κ1) is 14.8. The van der Waals surface area contributed by atoms with E-state index in [0.717, 1.165) is 32.7 Å². The van der Waals surface area contributed by atoms with Gasteiger partial charge in [-0.05, 0) is 32.4 Å². The number of carbonyl (C=O) groups is 1. The van der Waals surface area contributed by atoms with Crippen LogP contribution in [-0.4, -0.2) is 62.2 Å². The summed E-state index contributed by atoms with van der Waals surface area (Å²) in [5.41, 5.74) is 0. The first-order valence-corrected chi connectivity index (χ1v) is 7.34. The number of hydrogen-bond acceptors (Lipinski definition) is 4. The average Bonchev–Trinajstić information content (AvgIpc) is 2.37. The van der Waals surface area contributed by atoms with Gasteiger partial charge in [-0.15, -0.1) is 11.8 Å². The van der Waals surface area contributed by atoms with Crippen molar-refractivity contribution in [3.63, 3.8) is 0 Å². The molecule has 0 saturated carbocycles. The van der Waals surface area contributed by atoms with Crippen molar-refractivity contribution in [2.75, 3.05) is 46.2 Å². The van der Waals surface area contributed by atoms with Gasteiger partial charge in [-0.2, -0.15) is 0 Å². The van der Waals surface area contributed by atoms with E-state index in [9.17, 15) is 4.79 Å². The number of nitrogens with zero attached hydrogens (tertiary/aromatic N) is 1. The van der Waals surface area contributed by atoms with E-state index in [-0.39, 0.29) is 5.91 Å². The standard InChI is InChI=1S/C12H24N2O2S/c1-14(8-3-9-16-2)12(15)10-17-11-4-6-13-7-5-11/h11,13H,3-10H2,1-2H3. The quantitative estimate of drug-likeness (QED) is 0.693. The minimum Gasteiger partial charge on any atom is -0.385 e. The lowest BCUT2D eigenvalue weighted by Gasteiger charge is -2.23. The zero-order valence-electron chi connectivity index (χ0n) is 10.9. The van der Waals surface area contributed by atoms with Crippen molar-refractivity contribution in [1.29, 1.82) is 0 Å². The largest absolute Gasteiger partial charge is 0.385 e. The van der Waals surface area contributed by atoms with Gasteiger partial charge in [-0.25, -0.2) is 0 Å². The third-order valence-corrected chi connectivity index (χ3v) is 4.35. The third kappa shape index (κ3) is 6.29. The fraction of sp³-hybridized carbons (Fsp3) is 0.917. The fourth-order valence-electron chi connectivity index (χ4n) is 1.83. The molecule has 0 radical (unpaired) electrons. The number of rotatable bonds is 7. The molecule has 0 aliphatic carbocycles. The lowest BCUT2D eigenvalue weighted by molar-refractivity contribution is -0.127. The van der Waals surface area contributed by atoms with Crippen LogP contribution in [0.25, 0.3) is 0 Å². The van der Waals surface area contributed by atoms with Gasteiger partial charge in [0.25, 0.3) is 0 Å². The number of carbonyl (C=O) groups excluding carboxylic acids is 1. The molecule has 1 amide bonds. The van der Waals surface area contributed by atoms with Crippen molar-refractivity contribution in [3.05, 3.63) is 0 Å². The lowest BCUT2D eigenvalue weighted by Crippen LogP contribution is -2.33. The maximum Gasteiger partial charge on any atom is 0.232 e. The summed E-state index contributed by atoms with van der Waals surface area (Å²) >= 11 is 1.81. The van der Waals surface area contributed by atoms with Crippen LogP contribution in [-0.2, 0) is 9.53 Å². The van der Waals surface area contributed by atoms with E-state index in [2.05, 4.69) is 5.32 Å². The molecule has 1 N–H and O–H groups in total. The molecular formula is C12H24N2O2S. The molecule has 1 heterocycles. The molecule has 1 aliphatic heterocycles. The predicted octanol–water partition coefficient (Wildman–Crippen LogP) is 0.966. The molecule has 0 unspecified atom stereocenters. The Bertz CT molecular complexity index is 221. The SMILES string of the molecule is COCCCN(C)C(=O)CSC1CCNCC1. The molecule has 1 saturated heterocycles. The van der Waals surface area contributed by atoms with Gasteiger partial charge in [0.2, 0.25) is 5.91 Å². The molecule has 0 aromatic carbocycles. The van der Waals surface area contributed by atoms with Gasteiger partial charge in [-0.3, -0.25) is 4.79 Å². The highest BCUT2D eigenvalue weighted by molar-refractivity contribution is 8.00. The van der Waals surface area contributed by atoms with E-state index in [0.29, 0.717) is 11.0 Å². The Morgan fingerprint density at radius 3 is 2.82 bits per heavy atom. The minimum atomic E-state index is 0.240. The first-order chi connectivity index (χ1) is 8.24. The van der Waals surface area contributed by atoms with Crippen LogP contribution in [0.3, 0.4) is 0 Å². The monoisotopic (exact) mass is 260 g/mol. The van der Waals surface area contributed by atoms with Crippen LogP contribution in [0.2, 0.25) is 0 Å². The van der Waals surface area contributed by atoms with Crippen molar-refractivity contribution in [2.45, 2.75) is 24.5 Å². The molecule has 0 aromatic rings. The molecule has 0 spiro atoms. The topological polar surface area (TPSA) is 41.6 Å². The second-order valence-electron chi connectivity index (χ2n) is 4.42. The molecule has 0 atom stereocenters. The molecule has 1 aliphatic rings. The summed E-state index contributed by atoms with van der Waals surface area (Å²) in [4.78, 5) is 13.6. The Morgan fingerprint density at radius 1 is 1.47 bits per heavy atom. The highest BCUT2D eigenvalue weighted by Gasteiger charge is 2.16. The molecule has 17 heavy (non-hydrogen) atoms. The van der Waals surface area contributed by atoms with E-state index in [1.807, 2.05) is 23.7 Å². The predicted molar refractivity (Wildman–Crippen MR) is 72.5 cm³/mol. The molecule has 1 rings (SSSR count). The van der Waals surface area contributed by atoms with Crippen LogP contribution in [0.15, 0.2) is 0 Å². The van der Waals surface area contributed by atoms with Crippen molar-refractivity contribution in [2.24, 2.45) is 0 Å². The van der Waals surface area contributed by atoms with Gasteiger partial charge in [0.15, 0.2) is 0 Å². The maximum atomic E-state index is 11.8. The van der Waals surface area contributed by atoms with E-state index in [4.69, 9.17) is 4.74 Å². The Kier molecular flexibility index (Phi) is 7.64. The fourth-order valence-corrected chi connectivity index (χ4v) is 3.00. The zero-order valence-corrected chi connectivity index (χ0v) is 11.7. The smallest absolute Gasteiger partial charge is 0.232 e. The highest BCUT2D eigenvalue weighted by atomic mass is 32.2. The molecule has 5 heteroatoms. The van der Waals surface area contributed by atoms with Gasteiger partial charge in [0.05, 0.1) is 5.75 Å². The molecule has 0 bridgehead atoms. The third-order valence-electron chi connectivity index (χ3n) is 3.00. The van der Waals surface area contributed by atoms with Gasteiger partial charge < -0.3 is 15.0 Å². The molecular weight excluding hydrogens is 236 g/mol. The molecule has 100 valence electrons. The summed E-state index contributed by atoms with van der Waals surface area (Å²) in [7, 11) is 3.57. The van der Waals surface area contributed by atoms with Crippen LogP contribution in [0.5, 0.6) is 0 Å². The van der Waals surface area contributed by atoms with Gasteiger partial charge in [-0.1, -0.05) is 0 Å². The van der Waals surface area contributed by atoms with Crippen molar-refractivity contribution < 1.29 is 9.53 Å². The summed E-state index contributed by atoms with van der Waals surface area (Å²) in [6, 6.07) is 0. The summed E-state index contributed by atoms with van der Waals surface area (Å²) in [6.07, 6.45) is 3.29. The number of amides is 1. The Labute approximate surface area is 108 Å². The summed E-state index contributed by atoms with van der Waals surface area (Å²) in [5.74, 6) is 0.860. The average molecular weight is 260 g/mol. The number of piperidine rings is 1.